The van der Waals surface area contributed by atoms with E-state index >= 15 is 0 Å². The van der Waals surface area contributed by atoms with Gasteiger partial charge >= 0.3 is 0 Å². The Morgan fingerprint density at radius 2 is 2.07 bits per heavy atom. The van der Waals surface area contributed by atoms with E-state index in [1.165, 1.54) is 0 Å². The quantitative estimate of drug-likeness (QED) is 0.676. The summed E-state index contributed by atoms with van der Waals surface area (Å²) in [6, 6.07) is 6.13. The lowest BCUT2D eigenvalue weighted by atomic mass is 10.2. The number of hydrogen-bond donors (Lipinski definition) is 0. The van der Waals surface area contributed by atoms with Gasteiger partial charge in [-0.05, 0) is 70.3 Å². The highest BCUT2D eigenvalue weighted by Gasteiger charge is 2.10. The highest BCUT2D eigenvalue weighted by molar-refractivity contribution is 14.1. The zero-order chi connectivity index (χ0) is 10.1. The van der Waals surface area contributed by atoms with Gasteiger partial charge < -0.3 is 4.52 Å². The van der Waals surface area contributed by atoms with Crippen LogP contribution in [0.2, 0.25) is 0 Å². The molecular formula is C9H6I2N2O. The van der Waals surface area contributed by atoms with Crippen LogP contribution in [0.25, 0.3) is 11.5 Å². The van der Waals surface area contributed by atoms with Crippen molar-refractivity contribution in [3.8, 4) is 11.5 Å². The summed E-state index contributed by atoms with van der Waals surface area (Å²) in [5.41, 5.74) is 0.998. The molecule has 0 radical (unpaired) electrons. The first kappa shape index (κ1) is 10.3. The van der Waals surface area contributed by atoms with Crippen LogP contribution in [-0.2, 0) is 0 Å². The first-order valence-corrected chi connectivity index (χ1v) is 6.08. The van der Waals surface area contributed by atoms with E-state index in [0.717, 1.165) is 12.7 Å². The van der Waals surface area contributed by atoms with E-state index in [1.54, 1.807) is 0 Å². The number of aryl methyl sites for hydroxylation is 1. The van der Waals surface area contributed by atoms with E-state index < -0.39 is 0 Å². The number of rotatable bonds is 1. The van der Waals surface area contributed by atoms with Crippen LogP contribution in [0, 0.1) is 14.1 Å². The first-order chi connectivity index (χ1) is 6.66. The normalized spacial score (nSPS) is 10.5. The van der Waals surface area contributed by atoms with E-state index in [0.29, 0.717) is 11.7 Å². The molecule has 14 heavy (non-hydrogen) atoms. The second-order valence-corrected chi connectivity index (χ2v) is 5.18. The van der Waals surface area contributed by atoms with Gasteiger partial charge in [-0.25, -0.2) is 0 Å². The molecule has 1 heterocycles. The van der Waals surface area contributed by atoms with Crippen LogP contribution in [0.1, 0.15) is 5.82 Å². The van der Waals surface area contributed by atoms with Crippen LogP contribution < -0.4 is 0 Å². The predicted octanol–water partition coefficient (Wildman–Crippen LogP) is 3.25. The Morgan fingerprint density at radius 3 is 2.71 bits per heavy atom. The highest BCUT2D eigenvalue weighted by atomic mass is 127. The molecule has 0 amide bonds. The maximum atomic E-state index is 5.12. The van der Waals surface area contributed by atoms with Crippen LogP contribution in [0.3, 0.4) is 0 Å². The molecule has 3 nitrogen and oxygen atoms in total. The molecule has 72 valence electrons. The zero-order valence-corrected chi connectivity index (χ0v) is 11.6. The molecule has 0 spiro atoms. The van der Waals surface area contributed by atoms with Crippen molar-refractivity contribution in [3.05, 3.63) is 31.2 Å². The number of aromatic nitrogens is 2. The maximum absolute atomic E-state index is 5.12. The second-order valence-electron chi connectivity index (χ2n) is 2.77. The topological polar surface area (TPSA) is 38.9 Å². The van der Waals surface area contributed by atoms with Crippen molar-refractivity contribution >= 4 is 45.2 Å². The van der Waals surface area contributed by atoms with Crippen molar-refractivity contribution in [2.75, 3.05) is 0 Å². The van der Waals surface area contributed by atoms with Gasteiger partial charge in [-0.1, -0.05) is 5.16 Å². The van der Waals surface area contributed by atoms with Gasteiger partial charge in [0.2, 0.25) is 0 Å². The standard InChI is InChI=1S/C9H6I2N2O/c1-5-12-9(14-13-5)7-4-6(10)2-3-8(7)11/h2-4H,1H3. The lowest BCUT2D eigenvalue weighted by molar-refractivity contribution is 0.425. The van der Waals surface area contributed by atoms with Crippen molar-refractivity contribution in [1.29, 1.82) is 0 Å². The summed E-state index contributed by atoms with van der Waals surface area (Å²) >= 11 is 4.52. The number of benzene rings is 1. The van der Waals surface area contributed by atoms with Crippen molar-refractivity contribution < 1.29 is 4.52 Å². The Hall–Kier alpha value is -0.180. The summed E-state index contributed by atoms with van der Waals surface area (Å²) in [5, 5.41) is 3.77. The summed E-state index contributed by atoms with van der Waals surface area (Å²) in [6.45, 7) is 1.81. The largest absolute Gasteiger partial charge is 0.334 e. The molecule has 0 aliphatic rings. The predicted molar refractivity (Wildman–Crippen MR) is 69.9 cm³/mol. The van der Waals surface area contributed by atoms with Gasteiger partial charge in [-0.15, -0.1) is 0 Å². The van der Waals surface area contributed by atoms with E-state index in [1.807, 2.05) is 19.1 Å². The molecule has 1 aromatic heterocycles. The van der Waals surface area contributed by atoms with E-state index in [4.69, 9.17) is 4.52 Å². The molecule has 1 aromatic carbocycles. The van der Waals surface area contributed by atoms with Gasteiger partial charge in [-0.3, -0.25) is 0 Å². The second kappa shape index (κ2) is 4.13. The fourth-order valence-corrected chi connectivity index (χ4v) is 2.13. The number of hydrogen-bond acceptors (Lipinski definition) is 3. The Labute approximate surface area is 109 Å². The van der Waals surface area contributed by atoms with Crippen LogP contribution in [-0.4, -0.2) is 10.1 Å². The molecule has 0 saturated heterocycles. The van der Waals surface area contributed by atoms with Crippen molar-refractivity contribution in [2.24, 2.45) is 0 Å². The fraction of sp³-hybridized carbons (Fsp3) is 0.111. The smallest absolute Gasteiger partial charge is 0.259 e. The number of nitrogens with zero attached hydrogens (tertiary/aromatic N) is 2. The highest BCUT2D eigenvalue weighted by Crippen LogP contribution is 2.25. The average Bonchev–Trinajstić information content (AvgIpc) is 2.56. The molecule has 0 atom stereocenters. The molecule has 0 bridgehead atoms. The third-order valence-corrected chi connectivity index (χ3v) is 3.30. The van der Waals surface area contributed by atoms with Crippen LogP contribution in [0.5, 0.6) is 0 Å². The number of halogens is 2. The fourth-order valence-electron chi connectivity index (χ4n) is 1.07. The lowest BCUT2D eigenvalue weighted by Gasteiger charge is -1.98. The van der Waals surface area contributed by atoms with Gasteiger partial charge in [0, 0.05) is 7.14 Å². The van der Waals surface area contributed by atoms with E-state index in [-0.39, 0.29) is 0 Å². The third-order valence-electron chi connectivity index (χ3n) is 1.69. The summed E-state index contributed by atoms with van der Waals surface area (Å²) in [5.74, 6) is 1.25. The Kier molecular flexibility index (Phi) is 3.05. The van der Waals surface area contributed by atoms with Gasteiger partial charge in [0.05, 0.1) is 5.56 Å². The van der Waals surface area contributed by atoms with Crippen LogP contribution >= 0.6 is 45.2 Å². The summed E-state index contributed by atoms with van der Waals surface area (Å²) < 4.78 is 7.40. The minimum absolute atomic E-state index is 0.588. The molecular weight excluding hydrogens is 406 g/mol. The van der Waals surface area contributed by atoms with Crippen molar-refractivity contribution in [2.45, 2.75) is 6.92 Å². The molecule has 2 aromatic rings. The molecule has 0 aliphatic carbocycles. The molecule has 0 fully saturated rings. The summed E-state index contributed by atoms with van der Waals surface area (Å²) in [4.78, 5) is 4.20. The molecule has 0 unspecified atom stereocenters. The summed E-state index contributed by atoms with van der Waals surface area (Å²) in [6.07, 6.45) is 0. The molecule has 0 N–H and O–H groups in total. The van der Waals surface area contributed by atoms with Crippen LogP contribution in [0.4, 0.5) is 0 Å². The molecule has 5 heteroatoms. The Balaban J connectivity index is 2.55. The third kappa shape index (κ3) is 2.08. The Bertz CT molecular complexity index is 468. The zero-order valence-electron chi connectivity index (χ0n) is 7.29. The van der Waals surface area contributed by atoms with E-state index in [9.17, 15) is 0 Å². The van der Waals surface area contributed by atoms with Crippen molar-refractivity contribution in [3.63, 3.8) is 0 Å². The van der Waals surface area contributed by atoms with Crippen LogP contribution in [0.15, 0.2) is 22.7 Å². The van der Waals surface area contributed by atoms with Gasteiger partial charge in [0.25, 0.3) is 5.89 Å². The lowest BCUT2D eigenvalue weighted by Crippen LogP contribution is -1.84. The minimum atomic E-state index is 0.588. The Morgan fingerprint density at radius 1 is 1.29 bits per heavy atom. The van der Waals surface area contributed by atoms with Gasteiger partial charge in [0.1, 0.15) is 0 Å². The monoisotopic (exact) mass is 412 g/mol. The first-order valence-electron chi connectivity index (χ1n) is 3.92. The minimum Gasteiger partial charge on any atom is -0.334 e. The SMILES string of the molecule is Cc1noc(-c2cc(I)ccc2I)n1. The van der Waals surface area contributed by atoms with Gasteiger partial charge in [0.15, 0.2) is 5.82 Å². The molecule has 0 aliphatic heterocycles. The summed E-state index contributed by atoms with van der Waals surface area (Å²) in [7, 11) is 0. The molecule has 0 saturated carbocycles. The van der Waals surface area contributed by atoms with E-state index in [2.05, 4.69) is 61.4 Å². The average molecular weight is 412 g/mol. The maximum Gasteiger partial charge on any atom is 0.259 e. The van der Waals surface area contributed by atoms with Crippen molar-refractivity contribution in [1.82, 2.24) is 10.1 Å². The molecule has 2 rings (SSSR count). The van der Waals surface area contributed by atoms with Gasteiger partial charge in [-0.2, -0.15) is 4.98 Å².